The normalized spacial score (nSPS) is 16.7. The molecule has 25 heavy (non-hydrogen) atoms. The van der Waals surface area contributed by atoms with Crippen LogP contribution in [-0.4, -0.2) is 46.1 Å². The predicted octanol–water partition coefficient (Wildman–Crippen LogP) is 2.46. The second kappa shape index (κ2) is 6.20. The Morgan fingerprint density at radius 3 is 2.92 bits per heavy atom. The molecule has 0 atom stereocenters. The van der Waals surface area contributed by atoms with Gasteiger partial charge >= 0.3 is 0 Å². The van der Waals surface area contributed by atoms with Gasteiger partial charge in [-0.15, -0.1) is 0 Å². The van der Waals surface area contributed by atoms with Gasteiger partial charge in [0.2, 0.25) is 5.91 Å². The fourth-order valence-corrected chi connectivity index (χ4v) is 3.36. The van der Waals surface area contributed by atoms with Crippen molar-refractivity contribution < 1.29 is 4.79 Å². The van der Waals surface area contributed by atoms with Gasteiger partial charge in [-0.25, -0.2) is 0 Å². The van der Waals surface area contributed by atoms with Gasteiger partial charge < -0.3 is 10.2 Å². The van der Waals surface area contributed by atoms with Crippen LogP contribution >= 0.6 is 0 Å². The number of aliphatic imine (C=N–C) groups is 1. The maximum absolute atomic E-state index is 11.7. The number of carbonyl (C=O) groups excluding carboxylic acids is 1. The first-order valence-corrected chi connectivity index (χ1v) is 8.47. The van der Waals surface area contributed by atoms with Crippen LogP contribution in [-0.2, 0) is 11.8 Å². The van der Waals surface area contributed by atoms with Crippen LogP contribution in [0.25, 0.3) is 11.1 Å². The number of rotatable bonds is 2. The standard InChI is InChI=1S/C19H21N5O/c1-13(25)24-7-6-15-9-20-19(18(15)12-24)22-17-5-3-4-14(8-17)16-10-21-23(2)11-16/h3-5,8,10-11H,6-7,9,12H2,1-2H3,(H,20,22). The van der Waals surface area contributed by atoms with E-state index in [0.717, 1.165) is 42.2 Å². The largest absolute Gasteiger partial charge is 0.340 e. The van der Waals surface area contributed by atoms with Crippen LogP contribution in [0.2, 0.25) is 0 Å². The van der Waals surface area contributed by atoms with Crippen molar-refractivity contribution in [2.24, 2.45) is 12.0 Å². The zero-order valence-corrected chi connectivity index (χ0v) is 14.5. The Morgan fingerprint density at radius 1 is 1.28 bits per heavy atom. The fraction of sp³-hybridized carbons (Fsp3) is 0.316. The van der Waals surface area contributed by atoms with Crippen molar-refractivity contribution in [3.63, 3.8) is 0 Å². The van der Waals surface area contributed by atoms with Gasteiger partial charge in [0.1, 0.15) is 5.84 Å². The third-order valence-corrected chi connectivity index (χ3v) is 4.78. The van der Waals surface area contributed by atoms with E-state index in [4.69, 9.17) is 0 Å². The molecule has 0 aliphatic carbocycles. The molecule has 0 radical (unpaired) electrons. The SMILES string of the molecule is CC(=O)N1CCC2=C(C1)C(Nc1cccc(-c3cnn(C)c3)c1)=NC2. The number of anilines is 1. The van der Waals surface area contributed by atoms with E-state index in [-0.39, 0.29) is 5.91 Å². The summed E-state index contributed by atoms with van der Waals surface area (Å²) in [7, 11) is 1.91. The molecular weight excluding hydrogens is 314 g/mol. The van der Waals surface area contributed by atoms with E-state index >= 15 is 0 Å². The average molecular weight is 335 g/mol. The monoisotopic (exact) mass is 335 g/mol. The number of hydrogen-bond acceptors (Lipinski definition) is 4. The molecule has 1 aromatic heterocycles. The molecule has 2 aliphatic rings. The molecule has 1 aromatic carbocycles. The molecule has 0 spiro atoms. The molecule has 0 saturated carbocycles. The minimum atomic E-state index is 0.122. The number of aromatic nitrogens is 2. The first-order valence-electron chi connectivity index (χ1n) is 8.47. The summed E-state index contributed by atoms with van der Waals surface area (Å²) < 4.78 is 1.80. The maximum Gasteiger partial charge on any atom is 0.219 e. The van der Waals surface area contributed by atoms with E-state index in [0.29, 0.717) is 6.54 Å². The number of amidine groups is 1. The molecule has 1 N–H and O–H groups in total. The van der Waals surface area contributed by atoms with E-state index in [1.165, 1.54) is 11.1 Å². The molecule has 3 heterocycles. The minimum absolute atomic E-state index is 0.122. The number of carbonyl (C=O) groups is 1. The molecule has 2 aliphatic heterocycles. The summed E-state index contributed by atoms with van der Waals surface area (Å²) in [4.78, 5) is 18.2. The summed E-state index contributed by atoms with van der Waals surface area (Å²) in [5.74, 6) is 1.01. The molecule has 0 fully saturated rings. The highest BCUT2D eigenvalue weighted by Crippen LogP contribution is 2.27. The predicted molar refractivity (Wildman–Crippen MR) is 98.5 cm³/mol. The van der Waals surface area contributed by atoms with E-state index in [9.17, 15) is 4.79 Å². The quantitative estimate of drug-likeness (QED) is 0.917. The summed E-state index contributed by atoms with van der Waals surface area (Å²) in [5.41, 5.74) is 5.71. The molecule has 128 valence electrons. The first-order chi connectivity index (χ1) is 12.1. The van der Waals surface area contributed by atoms with Crippen LogP contribution in [0.4, 0.5) is 5.69 Å². The van der Waals surface area contributed by atoms with Gasteiger partial charge in [-0.3, -0.25) is 14.5 Å². The fourth-order valence-electron chi connectivity index (χ4n) is 3.36. The van der Waals surface area contributed by atoms with Crippen molar-refractivity contribution in [2.75, 3.05) is 25.0 Å². The Hall–Kier alpha value is -2.89. The van der Waals surface area contributed by atoms with Crippen molar-refractivity contribution in [2.45, 2.75) is 13.3 Å². The molecule has 0 bridgehead atoms. The zero-order valence-electron chi connectivity index (χ0n) is 14.5. The lowest BCUT2D eigenvalue weighted by atomic mass is 10.0. The Labute approximate surface area is 146 Å². The van der Waals surface area contributed by atoms with Crippen LogP contribution in [0, 0.1) is 0 Å². The molecule has 1 amide bonds. The zero-order chi connectivity index (χ0) is 17.4. The average Bonchev–Trinajstić information content (AvgIpc) is 3.21. The summed E-state index contributed by atoms with van der Waals surface area (Å²) in [5, 5.41) is 7.68. The minimum Gasteiger partial charge on any atom is -0.340 e. The van der Waals surface area contributed by atoms with Crippen molar-refractivity contribution in [3.05, 3.63) is 47.8 Å². The van der Waals surface area contributed by atoms with Gasteiger partial charge in [0.05, 0.1) is 12.7 Å². The lowest BCUT2D eigenvalue weighted by Gasteiger charge is -2.28. The molecule has 6 heteroatoms. The topological polar surface area (TPSA) is 62.5 Å². The van der Waals surface area contributed by atoms with Gasteiger partial charge in [0.15, 0.2) is 0 Å². The van der Waals surface area contributed by atoms with Crippen LogP contribution in [0.3, 0.4) is 0 Å². The Kier molecular flexibility index (Phi) is 3.87. The molecule has 6 nitrogen and oxygen atoms in total. The Morgan fingerprint density at radius 2 is 2.16 bits per heavy atom. The molecular formula is C19H21N5O. The molecule has 4 rings (SSSR count). The van der Waals surface area contributed by atoms with Crippen LogP contribution in [0.5, 0.6) is 0 Å². The summed E-state index contributed by atoms with van der Waals surface area (Å²) >= 11 is 0. The van der Waals surface area contributed by atoms with Crippen LogP contribution in [0.1, 0.15) is 13.3 Å². The van der Waals surface area contributed by atoms with Gasteiger partial charge in [-0.05, 0) is 29.7 Å². The van der Waals surface area contributed by atoms with E-state index in [1.807, 2.05) is 36.5 Å². The number of hydrogen-bond donors (Lipinski definition) is 1. The number of nitrogens with zero attached hydrogens (tertiary/aromatic N) is 4. The lowest BCUT2D eigenvalue weighted by molar-refractivity contribution is -0.128. The first kappa shape index (κ1) is 15.6. The van der Waals surface area contributed by atoms with E-state index < -0.39 is 0 Å². The Balaban J connectivity index is 1.55. The number of nitrogens with one attached hydrogen (secondary N) is 1. The van der Waals surface area contributed by atoms with Crippen LogP contribution in [0.15, 0.2) is 52.8 Å². The maximum atomic E-state index is 11.7. The van der Waals surface area contributed by atoms with Crippen molar-refractivity contribution in [1.82, 2.24) is 14.7 Å². The number of aryl methyl sites for hydroxylation is 1. The van der Waals surface area contributed by atoms with Gasteiger partial charge in [-0.2, -0.15) is 5.10 Å². The molecule has 2 aromatic rings. The third kappa shape index (κ3) is 3.07. The summed E-state index contributed by atoms with van der Waals surface area (Å²) in [6, 6.07) is 8.23. The third-order valence-electron chi connectivity index (χ3n) is 4.78. The van der Waals surface area contributed by atoms with Gasteiger partial charge in [0.25, 0.3) is 0 Å². The van der Waals surface area contributed by atoms with E-state index in [1.54, 1.807) is 11.6 Å². The van der Waals surface area contributed by atoms with Crippen molar-refractivity contribution in [1.29, 1.82) is 0 Å². The lowest BCUT2D eigenvalue weighted by Crippen LogP contribution is -2.37. The second-order valence-corrected chi connectivity index (χ2v) is 6.55. The molecule has 0 saturated heterocycles. The van der Waals surface area contributed by atoms with E-state index in [2.05, 4.69) is 27.5 Å². The number of amides is 1. The highest BCUT2D eigenvalue weighted by atomic mass is 16.2. The van der Waals surface area contributed by atoms with Crippen molar-refractivity contribution >= 4 is 17.4 Å². The number of benzene rings is 1. The van der Waals surface area contributed by atoms with Gasteiger partial charge in [-0.1, -0.05) is 12.1 Å². The van der Waals surface area contributed by atoms with Crippen LogP contribution < -0.4 is 5.32 Å². The summed E-state index contributed by atoms with van der Waals surface area (Å²) in [6.07, 6.45) is 4.77. The van der Waals surface area contributed by atoms with Gasteiger partial charge in [0, 0.05) is 50.1 Å². The highest BCUT2D eigenvalue weighted by molar-refractivity contribution is 6.10. The molecule has 0 unspecified atom stereocenters. The Bertz CT molecular complexity index is 893. The highest BCUT2D eigenvalue weighted by Gasteiger charge is 2.27. The smallest absolute Gasteiger partial charge is 0.219 e. The van der Waals surface area contributed by atoms with Crippen molar-refractivity contribution in [3.8, 4) is 11.1 Å². The second-order valence-electron chi connectivity index (χ2n) is 6.55. The summed E-state index contributed by atoms with van der Waals surface area (Å²) in [6.45, 7) is 3.82.